The number of hydrogen-bond acceptors (Lipinski definition) is 2. The predicted molar refractivity (Wildman–Crippen MR) is 131 cm³/mol. The van der Waals surface area contributed by atoms with Gasteiger partial charge in [-0.15, -0.1) is 0 Å². The summed E-state index contributed by atoms with van der Waals surface area (Å²) in [5.74, 6) is -0.189. The van der Waals surface area contributed by atoms with E-state index in [4.69, 9.17) is 0 Å². The van der Waals surface area contributed by atoms with Crippen molar-refractivity contribution in [2.24, 2.45) is 0 Å². The van der Waals surface area contributed by atoms with Crippen molar-refractivity contribution in [3.63, 3.8) is 0 Å². The molecule has 3 nitrogen and oxygen atoms in total. The Balaban J connectivity index is 1.52. The Bertz CT molecular complexity index is 1260. The minimum absolute atomic E-state index is 0.114. The lowest BCUT2D eigenvalue weighted by molar-refractivity contribution is -0.120. The quantitative estimate of drug-likeness (QED) is 0.337. The van der Waals surface area contributed by atoms with Gasteiger partial charge in [-0.2, -0.15) is 0 Å². The molecule has 0 saturated carbocycles. The molecule has 0 unspecified atom stereocenters. The van der Waals surface area contributed by atoms with E-state index in [1.54, 1.807) is 24.3 Å². The van der Waals surface area contributed by atoms with Crippen molar-refractivity contribution < 1.29 is 14.3 Å². The van der Waals surface area contributed by atoms with Crippen molar-refractivity contribution in [3.8, 4) is 16.9 Å². The minimum Gasteiger partial charge on any atom is -0.508 e. The molecule has 0 fully saturated rings. The molecule has 2 N–H and O–H groups in total. The van der Waals surface area contributed by atoms with Crippen molar-refractivity contribution in [3.05, 3.63) is 125 Å². The molecule has 0 aromatic heterocycles. The third-order valence-corrected chi connectivity index (χ3v) is 5.37. The summed E-state index contributed by atoms with van der Waals surface area (Å²) in [6.07, 6.45) is 4.26. The van der Waals surface area contributed by atoms with E-state index >= 15 is 0 Å². The van der Waals surface area contributed by atoms with Crippen LogP contribution in [0, 0.1) is 5.82 Å². The summed E-state index contributed by atoms with van der Waals surface area (Å²) in [7, 11) is 0. The van der Waals surface area contributed by atoms with E-state index in [1.807, 2.05) is 54.6 Å². The van der Waals surface area contributed by atoms with E-state index < -0.39 is 0 Å². The Kier molecular flexibility index (Phi) is 6.96. The molecule has 4 heteroatoms. The molecule has 0 spiro atoms. The maximum Gasteiger partial charge on any atom is 0.224 e. The van der Waals surface area contributed by atoms with Gasteiger partial charge in [-0.25, -0.2) is 4.39 Å². The Morgan fingerprint density at radius 1 is 0.788 bits per heavy atom. The number of phenolic OH excluding ortho intramolecular Hbond substituents is 1. The summed E-state index contributed by atoms with van der Waals surface area (Å²) in [5, 5.41) is 12.5. The van der Waals surface area contributed by atoms with Gasteiger partial charge in [0.05, 0.1) is 6.42 Å². The largest absolute Gasteiger partial charge is 0.508 e. The summed E-state index contributed by atoms with van der Waals surface area (Å²) in [4.78, 5) is 12.4. The molecule has 164 valence electrons. The molecule has 0 radical (unpaired) electrons. The Hall–Kier alpha value is -4.18. The van der Waals surface area contributed by atoms with Crippen LogP contribution in [0.1, 0.15) is 22.3 Å². The minimum atomic E-state index is -0.314. The Morgan fingerprint density at radius 2 is 1.45 bits per heavy atom. The lowest BCUT2D eigenvalue weighted by Crippen LogP contribution is -2.24. The van der Waals surface area contributed by atoms with Crippen LogP contribution in [0.5, 0.6) is 5.75 Å². The molecule has 0 bridgehead atoms. The van der Waals surface area contributed by atoms with Gasteiger partial charge in [-0.1, -0.05) is 84.9 Å². The smallest absolute Gasteiger partial charge is 0.224 e. The van der Waals surface area contributed by atoms with Crippen LogP contribution >= 0.6 is 0 Å². The summed E-state index contributed by atoms with van der Waals surface area (Å²) in [6.45, 7) is 0.395. The lowest BCUT2D eigenvalue weighted by atomic mass is 9.94. The molecule has 0 aliphatic heterocycles. The first-order chi connectivity index (χ1) is 16.1. The van der Waals surface area contributed by atoms with Crippen molar-refractivity contribution in [1.29, 1.82) is 0 Å². The molecule has 4 aromatic rings. The molecule has 0 heterocycles. The number of carbonyl (C=O) groups is 1. The standard InChI is InChI=1S/C29H24FNO2/c30-25-15-10-22(11-16-25)19-29(33)31-20-24-6-2-4-8-28(24)27-7-3-1-5-23(27)14-9-21-12-17-26(32)18-13-21/h1-18,32H,19-20H2,(H,31,33)/b14-9+. The van der Waals surface area contributed by atoms with Gasteiger partial charge in [0, 0.05) is 6.54 Å². The number of carbonyl (C=O) groups excluding carboxylic acids is 1. The monoisotopic (exact) mass is 437 g/mol. The highest BCUT2D eigenvalue weighted by Gasteiger charge is 2.10. The number of nitrogens with one attached hydrogen (secondary N) is 1. The Labute approximate surface area is 192 Å². The van der Waals surface area contributed by atoms with Crippen LogP contribution < -0.4 is 5.32 Å². The molecule has 33 heavy (non-hydrogen) atoms. The molecule has 0 saturated heterocycles. The van der Waals surface area contributed by atoms with Gasteiger partial charge >= 0.3 is 0 Å². The van der Waals surface area contributed by atoms with Crippen molar-refractivity contribution in [1.82, 2.24) is 5.32 Å². The van der Waals surface area contributed by atoms with Gasteiger partial charge in [0.1, 0.15) is 11.6 Å². The van der Waals surface area contributed by atoms with E-state index in [0.29, 0.717) is 6.54 Å². The van der Waals surface area contributed by atoms with Crippen molar-refractivity contribution in [2.75, 3.05) is 0 Å². The van der Waals surface area contributed by atoms with Gasteiger partial charge in [0.2, 0.25) is 5.91 Å². The van der Waals surface area contributed by atoms with Crippen LogP contribution in [0.3, 0.4) is 0 Å². The SMILES string of the molecule is O=C(Cc1ccc(F)cc1)NCc1ccccc1-c1ccccc1/C=C/c1ccc(O)cc1. The molecule has 4 rings (SSSR count). The third-order valence-electron chi connectivity index (χ3n) is 5.37. The van der Waals surface area contributed by atoms with Gasteiger partial charge in [-0.3, -0.25) is 4.79 Å². The first-order valence-corrected chi connectivity index (χ1v) is 10.7. The molecule has 0 aliphatic rings. The first kappa shape index (κ1) is 22.0. The number of benzene rings is 4. The fourth-order valence-corrected chi connectivity index (χ4v) is 3.64. The summed E-state index contributed by atoms with van der Waals surface area (Å²) < 4.78 is 13.1. The van der Waals surface area contributed by atoms with Crippen LogP contribution in [0.25, 0.3) is 23.3 Å². The number of aromatic hydroxyl groups is 1. The number of rotatable bonds is 7. The van der Waals surface area contributed by atoms with Gasteiger partial charge in [0.25, 0.3) is 0 Å². The van der Waals surface area contributed by atoms with Crippen molar-refractivity contribution >= 4 is 18.1 Å². The van der Waals surface area contributed by atoms with Crippen molar-refractivity contribution in [2.45, 2.75) is 13.0 Å². The fourth-order valence-electron chi connectivity index (χ4n) is 3.64. The van der Waals surface area contributed by atoms with Crippen LogP contribution in [-0.4, -0.2) is 11.0 Å². The highest BCUT2D eigenvalue weighted by Crippen LogP contribution is 2.28. The third kappa shape index (κ3) is 5.95. The zero-order valence-electron chi connectivity index (χ0n) is 18.0. The highest BCUT2D eigenvalue weighted by atomic mass is 19.1. The Morgan fingerprint density at radius 3 is 2.21 bits per heavy atom. The van der Waals surface area contributed by atoms with Crippen LogP contribution in [0.4, 0.5) is 4.39 Å². The van der Waals surface area contributed by atoms with Gasteiger partial charge in [0.15, 0.2) is 0 Å². The predicted octanol–water partition coefficient (Wildman–Crippen LogP) is 6.23. The van der Waals surface area contributed by atoms with Crippen LogP contribution in [0.15, 0.2) is 97.1 Å². The topological polar surface area (TPSA) is 49.3 Å². The number of phenols is 1. The molecular weight excluding hydrogens is 413 g/mol. The molecule has 4 aromatic carbocycles. The maximum atomic E-state index is 13.1. The van der Waals surface area contributed by atoms with E-state index in [2.05, 4.69) is 23.5 Å². The first-order valence-electron chi connectivity index (χ1n) is 10.7. The molecule has 0 atom stereocenters. The number of amides is 1. The lowest BCUT2D eigenvalue weighted by Gasteiger charge is -2.13. The molecule has 0 aliphatic carbocycles. The maximum absolute atomic E-state index is 13.1. The van der Waals surface area contributed by atoms with E-state index in [9.17, 15) is 14.3 Å². The van der Waals surface area contributed by atoms with Gasteiger partial charge < -0.3 is 10.4 Å². The number of halogens is 1. The molecular formula is C29H24FNO2. The summed E-state index contributed by atoms with van der Waals surface area (Å²) >= 11 is 0. The van der Waals surface area contributed by atoms with E-state index in [-0.39, 0.29) is 23.9 Å². The average molecular weight is 438 g/mol. The highest BCUT2D eigenvalue weighted by molar-refractivity contribution is 5.83. The molecule has 1 amide bonds. The second kappa shape index (κ2) is 10.4. The number of hydrogen-bond donors (Lipinski definition) is 2. The fraction of sp³-hybridized carbons (Fsp3) is 0.0690. The van der Waals surface area contributed by atoms with E-state index in [1.165, 1.54) is 12.1 Å². The summed E-state index contributed by atoms with van der Waals surface area (Å²) in [6, 6.07) is 29.1. The average Bonchev–Trinajstić information content (AvgIpc) is 2.84. The zero-order chi connectivity index (χ0) is 23.0. The van der Waals surface area contributed by atoms with Crippen LogP contribution in [0.2, 0.25) is 0 Å². The second-order valence-corrected chi connectivity index (χ2v) is 7.75. The summed E-state index contributed by atoms with van der Waals surface area (Å²) in [5.41, 5.74) is 5.93. The zero-order valence-corrected chi connectivity index (χ0v) is 18.0. The van der Waals surface area contributed by atoms with Gasteiger partial charge in [-0.05, 0) is 57.6 Å². The van der Waals surface area contributed by atoms with E-state index in [0.717, 1.165) is 33.4 Å². The second-order valence-electron chi connectivity index (χ2n) is 7.75. The van der Waals surface area contributed by atoms with Crippen LogP contribution in [-0.2, 0) is 17.8 Å². The normalized spacial score (nSPS) is 10.9.